The van der Waals surface area contributed by atoms with Crippen LogP contribution in [0.2, 0.25) is 0 Å². The van der Waals surface area contributed by atoms with Crippen LogP contribution in [-0.2, 0) is 0 Å². The van der Waals surface area contributed by atoms with Gasteiger partial charge in [-0.05, 0) is 13.0 Å². The normalized spacial score (nSPS) is 10.6. The minimum absolute atomic E-state index is 0.773. The lowest BCUT2D eigenvalue weighted by Crippen LogP contribution is -1.92. The summed E-state index contributed by atoms with van der Waals surface area (Å²) in [5, 5.41) is 1.04. The zero-order valence-corrected chi connectivity index (χ0v) is 10.9. The van der Waals surface area contributed by atoms with E-state index < -0.39 is 0 Å². The van der Waals surface area contributed by atoms with Crippen molar-refractivity contribution in [2.24, 2.45) is 0 Å². The second kappa shape index (κ2) is 4.69. The summed E-state index contributed by atoms with van der Waals surface area (Å²) in [5.41, 5.74) is 3.08. The van der Waals surface area contributed by atoms with Crippen molar-refractivity contribution in [1.82, 2.24) is 9.97 Å². The van der Waals surface area contributed by atoms with Gasteiger partial charge in [0.1, 0.15) is 11.6 Å². The van der Waals surface area contributed by atoms with Crippen molar-refractivity contribution in [2.45, 2.75) is 6.92 Å². The number of aryl methyl sites for hydroxylation is 1. The van der Waals surface area contributed by atoms with Crippen LogP contribution in [0.4, 0.5) is 0 Å². The van der Waals surface area contributed by atoms with E-state index in [-0.39, 0.29) is 0 Å². The Kier molecular flexibility index (Phi) is 2.88. The van der Waals surface area contributed by atoms with Crippen LogP contribution in [0.25, 0.3) is 22.0 Å². The molecule has 0 fully saturated rings. The maximum Gasteiger partial charge on any atom is 0.126 e. The van der Waals surface area contributed by atoms with Gasteiger partial charge in [-0.1, -0.05) is 36.4 Å². The molecule has 0 radical (unpaired) electrons. The van der Waals surface area contributed by atoms with Crippen LogP contribution >= 0.6 is 0 Å². The van der Waals surface area contributed by atoms with Crippen LogP contribution in [0.15, 0.2) is 48.7 Å². The van der Waals surface area contributed by atoms with Gasteiger partial charge in [0.25, 0.3) is 0 Å². The van der Waals surface area contributed by atoms with Gasteiger partial charge >= 0.3 is 0 Å². The monoisotopic (exact) mass is 250 g/mol. The topological polar surface area (TPSA) is 35.0 Å². The first-order valence-electron chi connectivity index (χ1n) is 6.15. The molecular formula is C16H14N2O. The molecule has 0 aliphatic carbocycles. The van der Waals surface area contributed by atoms with Crippen LogP contribution in [-0.4, -0.2) is 17.1 Å². The lowest BCUT2D eigenvalue weighted by Gasteiger charge is -2.10. The number of aromatic nitrogens is 2. The van der Waals surface area contributed by atoms with Gasteiger partial charge in [-0.2, -0.15) is 0 Å². The Morgan fingerprint density at radius 2 is 1.74 bits per heavy atom. The number of fused-ring (bicyclic) bond motifs is 1. The molecule has 0 N–H and O–H groups in total. The number of benzene rings is 2. The average molecular weight is 250 g/mol. The van der Waals surface area contributed by atoms with E-state index in [1.165, 1.54) is 0 Å². The van der Waals surface area contributed by atoms with Gasteiger partial charge in [-0.25, -0.2) is 9.97 Å². The summed E-state index contributed by atoms with van der Waals surface area (Å²) in [6.07, 6.45) is 1.86. The summed E-state index contributed by atoms with van der Waals surface area (Å²) in [6.45, 7) is 1.90. The lowest BCUT2D eigenvalue weighted by molar-refractivity contribution is 0.416. The predicted molar refractivity (Wildman–Crippen MR) is 76.3 cm³/mol. The molecule has 0 amide bonds. The smallest absolute Gasteiger partial charge is 0.126 e. The summed E-state index contributed by atoms with van der Waals surface area (Å²) in [6, 6.07) is 14.1. The second-order valence-electron chi connectivity index (χ2n) is 4.36. The Labute approximate surface area is 111 Å². The number of hydrogen-bond donors (Lipinski definition) is 0. The number of rotatable bonds is 2. The lowest BCUT2D eigenvalue weighted by atomic mass is 10.0. The molecule has 3 nitrogen and oxygen atoms in total. The van der Waals surface area contributed by atoms with Crippen molar-refractivity contribution in [3.8, 4) is 16.9 Å². The zero-order chi connectivity index (χ0) is 13.2. The molecule has 1 heterocycles. The van der Waals surface area contributed by atoms with Gasteiger partial charge in [0.05, 0.1) is 12.6 Å². The van der Waals surface area contributed by atoms with E-state index in [0.717, 1.165) is 33.6 Å². The average Bonchev–Trinajstić information content (AvgIpc) is 2.46. The SMILES string of the molecule is COc1ccccc1-c1cccc2cnc(C)nc12. The molecule has 0 saturated heterocycles. The number of ether oxygens (including phenoxy) is 1. The number of para-hydroxylation sites is 2. The highest BCUT2D eigenvalue weighted by molar-refractivity contribution is 5.94. The maximum absolute atomic E-state index is 5.44. The standard InChI is InChI=1S/C16H14N2O/c1-11-17-10-12-6-5-8-14(16(12)18-11)13-7-3-4-9-15(13)19-2/h3-10H,1-2H3. The highest BCUT2D eigenvalue weighted by Gasteiger charge is 2.09. The van der Waals surface area contributed by atoms with E-state index in [9.17, 15) is 0 Å². The molecule has 3 aromatic rings. The molecule has 0 saturated carbocycles. The van der Waals surface area contributed by atoms with E-state index in [1.807, 2.05) is 49.5 Å². The maximum atomic E-state index is 5.44. The van der Waals surface area contributed by atoms with Gasteiger partial charge in [-0.15, -0.1) is 0 Å². The quantitative estimate of drug-likeness (QED) is 0.696. The van der Waals surface area contributed by atoms with Gasteiger partial charge in [0.15, 0.2) is 0 Å². The first-order chi connectivity index (χ1) is 9.29. The molecular weight excluding hydrogens is 236 g/mol. The summed E-state index contributed by atoms with van der Waals surface area (Å²) < 4.78 is 5.44. The van der Waals surface area contributed by atoms with Crippen LogP contribution in [0.5, 0.6) is 5.75 Å². The Morgan fingerprint density at radius 3 is 2.58 bits per heavy atom. The van der Waals surface area contributed by atoms with Gasteiger partial charge in [-0.3, -0.25) is 0 Å². The van der Waals surface area contributed by atoms with Crippen molar-refractivity contribution < 1.29 is 4.74 Å². The molecule has 3 rings (SSSR count). The molecule has 0 spiro atoms. The van der Waals surface area contributed by atoms with Crippen molar-refractivity contribution in [1.29, 1.82) is 0 Å². The molecule has 0 unspecified atom stereocenters. The highest BCUT2D eigenvalue weighted by atomic mass is 16.5. The molecule has 0 aliphatic rings. The summed E-state index contributed by atoms with van der Waals surface area (Å²) in [4.78, 5) is 8.80. The minimum atomic E-state index is 0.773. The number of hydrogen-bond acceptors (Lipinski definition) is 3. The van der Waals surface area contributed by atoms with E-state index >= 15 is 0 Å². The molecule has 0 bridgehead atoms. The largest absolute Gasteiger partial charge is 0.496 e. The van der Waals surface area contributed by atoms with E-state index in [2.05, 4.69) is 16.0 Å². The number of methoxy groups -OCH3 is 1. The Balaban J connectivity index is 2.33. The van der Waals surface area contributed by atoms with E-state index in [0.29, 0.717) is 0 Å². The molecule has 0 atom stereocenters. The zero-order valence-electron chi connectivity index (χ0n) is 10.9. The Morgan fingerprint density at radius 1 is 0.947 bits per heavy atom. The summed E-state index contributed by atoms with van der Waals surface area (Å²) in [7, 11) is 1.68. The van der Waals surface area contributed by atoms with E-state index in [1.54, 1.807) is 7.11 Å². The fourth-order valence-corrected chi connectivity index (χ4v) is 2.23. The van der Waals surface area contributed by atoms with Crippen LogP contribution < -0.4 is 4.74 Å². The van der Waals surface area contributed by atoms with Gasteiger partial charge in [0, 0.05) is 22.7 Å². The molecule has 2 aromatic carbocycles. The summed E-state index contributed by atoms with van der Waals surface area (Å²) >= 11 is 0. The highest BCUT2D eigenvalue weighted by Crippen LogP contribution is 2.33. The van der Waals surface area contributed by atoms with Crippen molar-refractivity contribution >= 4 is 10.9 Å². The predicted octanol–water partition coefficient (Wildman–Crippen LogP) is 3.61. The fraction of sp³-hybridized carbons (Fsp3) is 0.125. The van der Waals surface area contributed by atoms with Crippen molar-refractivity contribution in [3.05, 3.63) is 54.5 Å². The van der Waals surface area contributed by atoms with Crippen LogP contribution in [0.1, 0.15) is 5.82 Å². The van der Waals surface area contributed by atoms with E-state index in [4.69, 9.17) is 4.74 Å². The van der Waals surface area contributed by atoms with Gasteiger partial charge in [0.2, 0.25) is 0 Å². The third-order valence-electron chi connectivity index (χ3n) is 3.13. The molecule has 19 heavy (non-hydrogen) atoms. The molecule has 3 heteroatoms. The minimum Gasteiger partial charge on any atom is -0.496 e. The molecule has 94 valence electrons. The number of nitrogens with zero attached hydrogens (tertiary/aromatic N) is 2. The van der Waals surface area contributed by atoms with Crippen molar-refractivity contribution in [3.63, 3.8) is 0 Å². The fourth-order valence-electron chi connectivity index (χ4n) is 2.23. The third-order valence-corrected chi connectivity index (χ3v) is 3.13. The second-order valence-corrected chi connectivity index (χ2v) is 4.36. The first-order valence-corrected chi connectivity index (χ1v) is 6.15. The van der Waals surface area contributed by atoms with Gasteiger partial charge < -0.3 is 4.74 Å². The van der Waals surface area contributed by atoms with Crippen LogP contribution in [0.3, 0.4) is 0 Å². The third kappa shape index (κ3) is 2.03. The molecule has 0 aliphatic heterocycles. The Bertz CT molecular complexity index is 738. The van der Waals surface area contributed by atoms with Crippen LogP contribution in [0, 0.1) is 6.92 Å². The van der Waals surface area contributed by atoms with Crippen molar-refractivity contribution in [2.75, 3.05) is 7.11 Å². The molecule has 1 aromatic heterocycles. The first kappa shape index (κ1) is 11.7. The summed E-state index contributed by atoms with van der Waals surface area (Å²) in [5.74, 6) is 1.63. The Hall–Kier alpha value is -2.42.